The number of hydrogen-bond donors (Lipinski definition) is 3. The summed E-state index contributed by atoms with van der Waals surface area (Å²) in [7, 11) is 0. The minimum absolute atomic E-state index is 0.112. The fourth-order valence-corrected chi connectivity index (χ4v) is 3.99. The van der Waals surface area contributed by atoms with Crippen LogP contribution in [-0.4, -0.2) is 23.5 Å². The maximum atomic E-state index is 12.6. The van der Waals surface area contributed by atoms with E-state index < -0.39 is 0 Å². The van der Waals surface area contributed by atoms with Crippen molar-refractivity contribution in [3.05, 3.63) is 131 Å². The fourth-order valence-electron chi connectivity index (χ4n) is 3.78. The number of ether oxygens (including phenoxy) is 1. The Hall–Kier alpha value is -4.49. The molecule has 0 aliphatic rings. The lowest BCUT2D eigenvalue weighted by molar-refractivity contribution is 0.0938. The molecule has 38 heavy (non-hydrogen) atoms. The van der Waals surface area contributed by atoms with Gasteiger partial charge in [-0.25, -0.2) is 0 Å². The van der Waals surface area contributed by atoms with E-state index >= 15 is 0 Å². The number of benzene rings is 4. The maximum Gasteiger partial charge on any atom is 0.257 e. The number of hydrogen-bond acceptors (Lipinski definition) is 4. The van der Waals surface area contributed by atoms with E-state index in [0.717, 1.165) is 12.0 Å². The second-order valence-electron chi connectivity index (χ2n) is 8.70. The number of rotatable bonds is 9. The SMILES string of the molecule is CC(NC(=O)c1ccc(NC(=S)NC(=O)c2ccc(OCCc3ccccc3)cc2)cc1)c1ccccc1. The van der Waals surface area contributed by atoms with Gasteiger partial charge < -0.3 is 15.4 Å². The predicted molar refractivity (Wildman–Crippen MR) is 155 cm³/mol. The Kier molecular flexibility index (Phi) is 9.21. The highest BCUT2D eigenvalue weighted by Gasteiger charge is 2.12. The van der Waals surface area contributed by atoms with Gasteiger partial charge in [-0.1, -0.05) is 60.7 Å². The van der Waals surface area contributed by atoms with Gasteiger partial charge in [0.15, 0.2) is 5.11 Å². The number of carbonyl (C=O) groups is 2. The molecule has 192 valence electrons. The van der Waals surface area contributed by atoms with Crippen molar-refractivity contribution in [2.75, 3.05) is 11.9 Å². The highest BCUT2D eigenvalue weighted by atomic mass is 32.1. The molecular weight excluding hydrogens is 494 g/mol. The van der Waals surface area contributed by atoms with Gasteiger partial charge >= 0.3 is 0 Å². The third kappa shape index (κ3) is 7.75. The molecule has 0 aliphatic carbocycles. The van der Waals surface area contributed by atoms with E-state index in [0.29, 0.717) is 29.2 Å². The Morgan fingerprint density at radius 2 is 1.34 bits per heavy atom. The zero-order valence-corrected chi connectivity index (χ0v) is 21.8. The molecular formula is C31H29N3O3S. The van der Waals surface area contributed by atoms with Crippen molar-refractivity contribution in [2.24, 2.45) is 0 Å². The first kappa shape index (κ1) is 26.6. The van der Waals surface area contributed by atoms with E-state index in [9.17, 15) is 9.59 Å². The van der Waals surface area contributed by atoms with Crippen LogP contribution in [0.25, 0.3) is 0 Å². The normalized spacial score (nSPS) is 11.2. The molecule has 0 saturated carbocycles. The van der Waals surface area contributed by atoms with Crippen molar-refractivity contribution in [1.29, 1.82) is 0 Å². The Balaban J connectivity index is 1.23. The average Bonchev–Trinajstić information content (AvgIpc) is 2.94. The molecule has 0 fully saturated rings. The van der Waals surface area contributed by atoms with Crippen molar-refractivity contribution in [3.8, 4) is 5.75 Å². The Bertz CT molecular complexity index is 1360. The zero-order chi connectivity index (χ0) is 26.7. The van der Waals surface area contributed by atoms with E-state index in [-0.39, 0.29) is 23.0 Å². The molecule has 0 heterocycles. The van der Waals surface area contributed by atoms with Crippen LogP contribution in [0.1, 0.15) is 44.8 Å². The average molecular weight is 524 g/mol. The monoisotopic (exact) mass is 523 g/mol. The van der Waals surface area contributed by atoms with Crippen molar-refractivity contribution >= 4 is 34.8 Å². The molecule has 7 heteroatoms. The Labute approximate surface area is 228 Å². The predicted octanol–water partition coefficient (Wildman–Crippen LogP) is 5.93. The lowest BCUT2D eigenvalue weighted by atomic mass is 10.1. The zero-order valence-electron chi connectivity index (χ0n) is 21.0. The van der Waals surface area contributed by atoms with Crippen molar-refractivity contribution in [2.45, 2.75) is 19.4 Å². The van der Waals surface area contributed by atoms with E-state index in [1.165, 1.54) is 5.56 Å². The molecule has 4 rings (SSSR count). The molecule has 6 nitrogen and oxygen atoms in total. The molecule has 3 N–H and O–H groups in total. The summed E-state index contributed by atoms with van der Waals surface area (Å²) in [6, 6.07) is 33.6. The quantitative estimate of drug-likeness (QED) is 0.237. The van der Waals surface area contributed by atoms with Gasteiger partial charge in [0, 0.05) is 23.2 Å². The number of amides is 2. The summed E-state index contributed by atoms with van der Waals surface area (Å²) in [5.41, 5.74) is 3.89. The van der Waals surface area contributed by atoms with Gasteiger partial charge in [-0.2, -0.15) is 0 Å². The van der Waals surface area contributed by atoms with Gasteiger partial charge in [-0.05, 0) is 78.8 Å². The Morgan fingerprint density at radius 3 is 2.00 bits per heavy atom. The number of carbonyl (C=O) groups excluding carboxylic acids is 2. The topological polar surface area (TPSA) is 79.5 Å². The largest absolute Gasteiger partial charge is 0.493 e. The molecule has 1 atom stereocenters. The summed E-state index contributed by atoms with van der Waals surface area (Å²) in [5.74, 6) is 0.195. The fraction of sp³-hybridized carbons (Fsp3) is 0.129. The van der Waals surface area contributed by atoms with Crippen LogP contribution in [0.5, 0.6) is 5.75 Å². The molecule has 0 spiro atoms. The van der Waals surface area contributed by atoms with Crippen LogP contribution in [-0.2, 0) is 6.42 Å². The molecule has 0 saturated heterocycles. The number of thiocarbonyl (C=S) groups is 1. The van der Waals surface area contributed by atoms with Gasteiger partial charge in [0.2, 0.25) is 0 Å². The van der Waals surface area contributed by atoms with Gasteiger partial charge in [-0.15, -0.1) is 0 Å². The second-order valence-corrected chi connectivity index (χ2v) is 9.11. The summed E-state index contributed by atoms with van der Waals surface area (Å²) in [6.07, 6.45) is 0.807. The second kappa shape index (κ2) is 13.2. The minimum Gasteiger partial charge on any atom is -0.493 e. The third-order valence-electron chi connectivity index (χ3n) is 5.90. The smallest absolute Gasteiger partial charge is 0.257 e. The van der Waals surface area contributed by atoms with Crippen LogP contribution < -0.4 is 20.7 Å². The van der Waals surface area contributed by atoms with Gasteiger partial charge in [-0.3, -0.25) is 14.9 Å². The molecule has 0 aliphatic heterocycles. The van der Waals surface area contributed by atoms with E-state index in [1.807, 2.05) is 55.5 Å². The van der Waals surface area contributed by atoms with Crippen molar-refractivity contribution in [3.63, 3.8) is 0 Å². The summed E-state index contributed by atoms with van der Waals surface area (Å²) < 4.78 is 5.78. The van der Waals surface area contributed by atoms with Crippen molar-refractivity contribution in [1.82, 2.24) is 10.6 Å². The number of anilines is 1. The molecule has 0 radical (unpaired) electrons. The lowest BCUT2D eigenvalue weighted by Crippen LogP contribution is -2.34. The highest BCUT2D eigenvalue weighted by molar-refractivity contribution is 7.80. The van der Waals surface area contributed by atoms with Crippen LogP contribution >= 0.6 is 12.2 Å². The highest BCUT2D eigenvalue weighted by Crippen LogP contribution is 2.15. The molecule has 1 unspecified atom stereocenters. The standard InChI is InChI=1S/C31H29N3O3S/c1-22(24-10-6-3-7-11-24)32-29(35)25-12-16-27(17-13-25)33-31(38)34-30(36)26-14-18-28(19-15-26)37-21-20-23-8-4-2-5-9-23/h2-19,22H,20-21H2,1H3,(H,32,35)(H2,33,34,36,38). The van der Waals surface area contributed by atoms with Crippen LogP contribution in [0.3, 0.4) is 0 Å². The molecule has 2 amide bonds. The first-order valence-electron chi connectivity index (χ1n) is 12.3. The molecule has 0 bridgehead atoms. The first-order chi connectivity index (χ1) is 18.5. The van der Waals surface area contributed by atoms with Crippen molar-refractivity contribution < 1.29 is 14.3 Å². The van der Waals surface area contributed by atoms with E-state index in [1.54, 1.807) is 48.5 Å². The van der Waals surface area contributed by atoms with Crippen LogP contribution in [0.15, 0.2) is 109 Å². The van der Waals surface area contributed by atoms with Gasteiger partial charge in [0.1, 0.15) is 5.75 Å². The summed E-state index contributed by atoms with van der Waals surface area (Å²) in [5, 5.41) is 8.79. The lowest BCUT2D eigenvalue weighted by Gasteiger charge is -2.15. The molecule has 0 aromatic heterocycles. The summed E-state index contributed by atoms with van der Waals surface area (Å²) in [4.78, 5) is 25.2. The van der Waals surface area contributed by atoms with Crippen LogP contribution in [0.2, 0.25) is 0 Å². The summed E-state index contributed by atoms with van der Waals surface area (Å²) in [6.45, 7) is 2.49. The third-order valence-corrected chi connectivity index (χ3v) is 6.10. The maximum absolute atomic E-state index is 12.6. The van der Waals surface area contributed by atoms with E-state index in [4.69, 9.17) is 17.0 Å². The minimum atomic E-state index is -0.329. The van der Waals surface area contributed by atoms with E-state index in [2.05, 4.69) is 28.1 Å². The first-order valence-corrected chi connectivity index (χ1v) is 12.7. The Morgan fingerprint density at radius 1 is 0.763 bits per heavy atom. The van der Waals surface area contributed by atoms with Gasteiger partial charge in [0.05, 0.1) is 12.6 Å². The molecule has 4 aromatic carbocycles. The van der Waals surface area contributed by atoms with Crippen LogP contribution in [0.4, 0.5) is 5.69 Å². The number of nitrogens with one attached hydrogen (secondary N) is 3. The molecule has 4 aromatic rings. The van der Waals surface area contributed by atoms with Crippen LogP contribution in [0, 0.1) is 0 Å². The summed E-state index contributed by atoms with van der Waals surface area (Å²) >= 11 is 5.29. The van der Waals surface area contributed by atoms with Gasteiger partial charge in [0.25, 0.3) is 11.8 Å².